The molecule has 1 saturated carbocycles. The van der Waals surface area contributed by atoms with Gasteiger partial charge in [0.2, 0.25) is 11.8 Å². The van der Waals surface area contributed by atoms with Gasteiger partial charge in [0, 0.05) is 44.7 Å². The molecule has 1 aliphatic carbocycles. The Morgan fingerprint density at radius 2 is 1.66 bits per heavy atom. The number of nitrogens with one attached hydrogen (secondary N) is 2. The minimum Gasteiger partial charge on any atom is -0.353 e. The van der Waals surface area contributed by atoms with Crippen LogP contribution in [-0.4, -0.2) is 50.2 Å². The van der Waals surface area contributed by atoms with Crippen molar-refractivity contribution in [1.29, 1.82) is 0 Å². The summed E-state index contributed by atoms with van der Waals surface area (Å²) in [6, 6.07) is 15.7. The number of halogens is 1. The Balaban J connectivity index is 1.13. The number of rotatable bonds is 8. The zero-order valence-electron chi connectivity index (χ0n) is 24.5. The summed E-state index contributed by atoms with van der Waals surface area (Å²) in [7, 11) is 0. The van der Waals surface area contributed by atoms with Gasteiger partial charge in [0.05, 0.1) is 12.1 Å². The number of allylic oxidation sites excluding steroid dienone is 1. The van der Waals surface area contributed by atoms with Gasteiger partial charge in [-0.15, -0.1) is 21.5 Å². The van der Waals surface area contributed by atoms with E-state index in [4.69, 9.17) is 16.6 Å². The molecule has 9 nitrogen and oxygen atoms in total. The Hall–Kier alpha value is -4.41. The van der Waals surface area contributed by atoms with E-state index in [1.165, 1.54) is 17.0 Å². The van der Waals surface area contributed by atoms with E-state index < -0.39 is 6.04 Å². The van der Waals surface area contributed by atoms with Crippen LogP contribution >= 0.6 is 22.9 Å². The lowest BCUT2D eigenvalue weighted by atomic mass is 9.86. The van der Waals surface area contributed by atoms with Gasteiger partial charge < -0.3 is 10.6 Å². The van der Waals surface area contributed by atoms with Crippen molar-refractivity contribution < 1.29 is 14.4 Å². The molecule has 0 bridgehead atoms. The van der Waals surface area contributed by atoms with E-state index >= 15 is 0 Å². The first-order chi connectivity index (χ1) is 21.2. The second-order valence-corrected chi connectivity index (χ2v) is 12.8. The van der Waals surface area contributed by atoms with E-state index in [1.54, 1.807) is 35.6 Å². The van der Waals surface area contributed by atoms with Crippen molar-refractivity contribution in [2.45, 2.75) is 58.2 Å². The lowest BCUT2D eigenvalue weighted by Crippen LogP contribution is -2.53. The number of thiophene rings is 1. The molecule has 4 aromatic rings. The van der Waals surface area contributed by atoms with Gasteiger partial charge in [0.15, 0.2) is 11.6 Å². The summed E-state index contributed by atoms with van der Waals surface area (Å²) in [6.45, 7) is 6.09. The second-order valence-electron chi connectivity index (χ2n) is 11.1. The first kappa shape index (κ1) is 29.7. The predicted molar refractivity (Wildman–Crippen MR) is 171 cm³/mol. The first-order valence-corrected chi connectivity index (χ1v) is 15.6. The number of ketones is 1. The van der Waals surface area contributed by atoms with Crippen LogP contribution in [0.25, 0.3) is 5.00 Å². The molecular formula is C33H31ClN6O3S. The summed E-state index contributed by atoms with van der Waals surface area (Å²) < 4.78 is 2.02. The molecule has 1 aliphatic heterocycles. The highest BCUT2D eigenvalue weighted by Gasteiger charge is 2.35. The molecule has 11 heteroatoms. The van der Waals surface area contributed by atoms with Crippen LogP contribution in [0, 0.1) is 20.8 Å². The van der Waals surface area contributed by atoms with E-state index in [9.17, 15) is 14.4 Å². The summed E-state index contributed by atoms with van der Waals surface area (Å²) in [6.07, 6.45) is 3.83. The summed E-state index contributed by atoms with van der Waals surface area (Å²) in [5.41, 5.74) is 4.38. The van der Waals surface area contributed by atoms with Crippen LogP contribution in [0.5, 0.6) is 0 Å². The maximum Gasteiger partial charge on any atom is 0.244 e. The molecule has 2 aromatic heterocycles. The Bertz CT molecular complexity index is 1800. The van der Waals surface area contributed by atoms with E-state index in [1.807, 2.05) is 41.8 Å². The highest BCUT2D eigenvalue weighted by Crippen LogP contribution is 2.39. The van der Waals surface area contributed by atoms with Crippen LogP contribution in [0.3, 0.4) is 0 Å². The number of hydrogen-bond donors (Lipinski definition) is 2. The standard InChI is InChI=1S/C33H31ClN6O3S/c1-18-19(2)44-33-30(18)31(22-9-11-23(34)12-10-22)37-26(32-39-38-20(3)40(32)33)17-29(43)36-25-15-24(16-25)35-28(42)14-13-27(41)21-7-5-4-6-8-21/h4-14,24-26H,15-17H2,1-3H3,(H,35,42)(H,36,43)/b14-13+/t24?,25?,26-/m0/s1. The van der Waals surface area contributed by atoms with E-state index in [0.29, 0.717) is 29.3 Å². The van der Waals surface area contributed by atoms with Crippen molar-refractivity contribution in [3.63, 3.8) is 0 Å². The normalized spacial score (nSPS) is 18.9. The van der Waals surface area contributed by atoms with Crippen molar-refractivity contribution in [2.24, 2.45) is 4.99 Å². The van der Waals surface area contributed by atoms with Gasteiger partial charge in [-0.25, -0.2) is 0 Å². The van der Waals surface area contributed by atoms with E-state index in [-0.39, 0.29) is 36.1 Å². The second kappa shape index (κ2) is 12.3. The third kappa shape index (κ3) is 6.00. The predicted octanol–water partition coefficient (Wildman–Crippen LogP) is 5.39. The number of aryl methyl sites for hydroxylation is 2. The number of carbonyl (C=O) groups is 3. The van der Waals surface area contributed by atoms with Gasteiger partial charge in [-0.3, -0.25) is 23.9 Å². The van der Waals surface area contributed by atoms with Gasteiger partial charge in [0.25, 0.3) is 0 Å². The van der Waals surface area contributed by atoms with Crippen LogP contribution in [-0.2, 0) is 9.59 Å². The fraction of sp³-hybridized carbons (Fsp3) is 0.273. The van der Waals surface area contributed by atoms with Gasteiger partial charge in [0.1, 0.15) is 16.9 Å². The minimum atomic E-state index is -0.552. The van der Waals surface area contributed by atoms with E-state index in [0.717, 1.165) is 33.2 Å². The molecule has 0 saturated heterocycles. The Morgan fingerprint density at radius 1 is 0.955 bits per heavy atom. The Labute approximate surface area is 264 Å². The summed E-state index contributed by atoms with van der Waals surface area (Å²) >= 11 is 7.86. The molecule has 0 spiro atoms. The van der Waals surface area contributed by atoms with Crippen LogP contribution in [0.15, 0.2) is 71.7 Å². The van der Waals surface area contributed by atoms with Gasteiger partial charge >= 0.3 is 0 Å². The van der Waals surface area contributed by atoms with Crippen LogP contribution in [0.4, 0.5) is 0 Å². The minimum absolute atomic E-state index is 0.0701. The molecule has 224 valence electrons. The Kier molecular flexibility index (Phi) is 8.29. The summed E-state index contributed by atoms with van der Waals surface area (Å²) in [4.78, 5) is 44.2. The maximum absolute atomic E-state index is 13.3. The van der Waals surface area contributed by atoms with Gasteiger partial charge in [-0.05, 0) is 57.4 Å². The van der Waals surface area contributed by atoms with Crippen LogP contribution in [0.1, 0.15) is 68.9 Å². The zero-order chi connectivity index (χ0) is 31.0. The van der Waals surface area contributed by atoms with Gasteiger partial charge in [-0.1, -0.05) is 54.1 Å². The number of fused-ring (bicyclic) bond motifs is 3. The topological polar surface area (TPSA) is 118 Å². The molecule has 2 aliphatic rings. The molecule has 1 fully saturated rings. The lowest BCUT2D eigenvalue weighted by molar-refractivity contribution is -0.123. The molecule has 0 radical (unpaired) electrons. The molecule has 2 aromatic carbocycles. The first-order valence-electron chi connectivity index (χ1n) is 14.4. The molecule has 3 heterocycles. The summed E-state index contributed by atoms with van der Waals surface area (Å²) in [5.74, 6) is 0.644. The SMILES string of the molecule is Cc1sc2c(c1C)C(c1ccc(Cl)cc1)=N[C@@H](CC(=O)NC1CC(NC(=O)/C=C/C(=O)c3ccccc3)C1)c1nnc(C)n1-2. The van der Waals surface area contributed by atoms with Crippen molar-refractivity contribution in [2.75, 3.05) is 0 Å². The number of hydrogen-bond acceptors (Lipinski definition) is 7. The van der Waals surface area contributed by atoms with Gasteiger partial charge in [-0.2, -0.15) is 0 Å². The highest BCUT2D eigenvalue weighted by atomic mass is 35.5. The number of aromatic nitrogens is 3. The summed E-state index contributed by atoms with van der Waals surface area (Å²) in [5, 5.41) is 16.4. The average molecular weight is 627 g/mol. The molecule has 2 amide bonds. The zero-order valence-corrected chi connectivity index (χ0v) is 26.1. The average Bonchev–Trinajstić information content (AvgIpc) is 3.47. The molecular weight excluding hydrogens is 596 g/mol. The highest BCUT2D eigenvalue weighted by molar-refractivity contribution is 7.15. The number of aliphatic imine (C=N–C) groups is 1. The number of amides is 2. The molecule has 1 atom stereocenters. The number of carbonyl (C=O) groups excluding carboxylic acids is 3. The molecule has 0 unspecified atom stereocenters. The van der Waals surface area contributed by atoms with Crippen molar-refractivity contribution in [3.8, 4) is 5.00 Å². The van der Waals surface area contributed by atoms with Crippen molar-refractivity contribution in [1.82, 2.24) is 25.4 Å². The van der Waals surface area contributed by atoms with Crippen molar-refractivity contribution >= 4 is 46.2 Å². The fourth-order valence-electron chi connectivity index (χ4n) is 5.55. The third-order valence-electron chi connectivity index (χ3n) is 8.03. The monoisotopic (exact) mass is 626 g/mol. The largest absolute Gasteiger partial charge is 0.353 e. The fourth-order valence-corrected chi connectivity index (χ4v) is 6.89. The smallest absolute Gasteiger partial charge is 0.244 e. The lowest BCUT2D eigenvalue weighted by Gasteiger charge is -2.36. The van der Waals surface area contributed by atoms with E-state index in [2.05, 4.69) is 34.7 Å². The molecule has 2 N–H and O–H groups in total. The third-order valence-corrected chi connectivity index (χ3v) is 9.47. The maximum atomic E-state index is 13.3. The Morgan fingerprint density at radius 3 is 2.39 bits per heavy atom. The van der Waals surface area contributed by atoms with Crippen LogP contribution in [0.2, 0.25) is 5.02 Å². The number of nitrogens with zero attached hydrogens (tertiary/aromatic N) is 4. The molecule has 6 rings (SSSR count). The van der Waals surface area contributed by atoms with Crippen LogP contribution < -0.4 is 10.6 Å². The quantitative estimate of drug-likeness (QED) is 0.201. The molecule has 44 heavy (non-hydrogen) atoms. The van der Waals surface area contributed by atoms with Crippen molar-refractivity contribution in [3.05, 3.63) is 111 Å². The number of benzene rings is 2.